The van der Waals surface area contributed by atoms with Gasteiger partial charge in [-0.2, -0.15) is 0 Å². The molecule has 0 aromatic heterocycles. The van der Waals surface area contributed by atoms with Crippen molar-refractivity contribution >= 4 is 11.4 Å². The molecular weight excluding hydrogens is 412 g/mol. The number of nitrogens with one attached hydrogen (secondary N) is 1. The largest absolute Gasteiger partial charge is 0.497 e. The van der Waals surface area contributed by atoms with Gasteiger partial charge in [0.2, 0.25) is 0 Å². The minimum absolute atomic E-state index is 0.304. The highest BCUT2D eigenvalue weighted by atomic mass is 16.5. The van der Waals surface area contributed by atoms with E-state index in [1.165, 1.54) is 5.57 Å². The first-order valence-corrected chi connectivity index (χ1v) is 11.0. The molecule has 0 saturated heterocycles. The Kier molecular flexibility index (Phi) is 11.4. The summed E-state index contributed by atoms with van der Waals surface area (Å²) in [6, 6.07) is 8.06. The third-order valence-corrected chi connectivity index (χ3v) is 5.06. The van der Waals surface area contributed by atoms with Crippen molar-refractivity contribution in [2.24, 2.45) is 4.99 Å². The fraction of sp³-hybridized carbons (Fsp3) is 0.321. The first-order valence-electron chi connectivity index (χ1n) is 11.0. The summed E-state index contributed by atoms with van der Waals surface area (Å²) in [5.74, 6) is 4.17. The van der Waals surface area contributed by atoms with E-state index in [0.29, 0.717) is 19.9 Å². The lowest BCUT2D eigenvalue weighted by Crippen LogP contribution is -2.11. The van der Waals surface area contributed by atoms with Gasteiger partial charge in [0.15, 0.2) is 5.76 Å². The third-order valence-electron chi connectivity index (χ3n) is 5.06. The minimum Gasteiger partial charge on any atom is -0.497 e. The van der Waals surface area contributed by atoms with Crippen LogP contribution in [0, 0.1) is 12.3 Å². The first-order chi connectivity index (χ1) is 16.1. The quantitative estimate of drug-likeness (QED) is 0.251. The molecule has 1 aliphatic carbocycles. The van der Waals surface area contributed by atoms with Gasteiger partial charge in [-0.25, -0.2) is 0 Å². The Morgan fingerprint density at radius 1 is 1.24 bits per heavy atom. The Hall–Kier alpha value is -3.49. The van der Waals surface area contributed by atoms with Crippen LogP contribution in [0.3, 0.4) is 0 Å². The van der Waals surface area contributed by atoms with E-state index in [4.69, 9.17) is 20.6 Å². The van der Waals surface area contributed by atoms with Gasteiger partial charge in [0.25, 0.3) is 0 Å². The van der Waals surface area contributed by atoms with Crippen LogP contribution in [0.15, 0.2) is 83.3 Å². The van der Waals surface area contributed by atoms with Gasteiger partial charge in [0, 0.05) is 24.3 Å². The molecule has 1 N–H and O–H groups in total. The Morgan fingerprint density at radius 3 is 2.79 bits per heavy atom. The van der Waals surface area contributed by atoms with Gasteiger partial charge in [-0.3, -0.25) is 4.99 Å². The molecule has 5 heteroatoms. The summed E-state index contributed by atoms with van der Waals surface area (Å²) >= 11 is 0. The molecule has 1 aromatic carbocycles. The Balaban J connectivity index is 1.87. The van der Waals surface area contributed by atoms with E-state index < -0.39 is 0 Å². The summed E-state index contributed by atoms with van der Waals surface area (Å²) in [5, 5.41) is 3.12. The van der Waals surface area contributed by atoms with Crippen molar-refractivity contribution in [2.45, 2.75) is 26.2 Å². The molecule has 0 bridgehead atoms. The summed E-state index contributed by atoms with van der Waals surface area (Å²) < 4.78 is 16.6. The number of methoxy groups -OCH3 is 2. The summed E-state index contributed by atoms with van der Waals surface area (Å²) in [6.07, 6.45) is 18.0. The number of hydrogen-bond donors (Lipinski definition) is 1. The maximum atomic E-state index is 5.79. The van der Waals surface area contributed by atoms with Gasteiger partial charge in [0.05, 0.1) is 26.5 Å². The molecule has 1 aliphatic rings. The molecule has 0 spiro atoms. The number of rotatable bonds is 13. The average Bonchev–Trinajstić information content (AvgIpc) is 3.05. The molecular formula is C28H34N2O3. The molecule has 33 heavy (non-hydrogen) atoms. The number of aliphatic imine (C=N–C) groups is 1. The van der Waals surface area contributed by atoms with E-state index in [9.17, 15) is 0 Å². The fourth-order valence-corrected chi connectivity index (χ4v) is 3.30. The van der Waals surface area contributed by atoms with Crippen molar-refractivity contribution in [3.63, 3.8) is 0 Å². The van der Waals surface area contributed by atoms with Crippen molar-refractivity contribution in [3.05, 3.63) is 89.4 Å². The predicted octanol–water partition coefficient (Wildman–Crippen LogP) is 5.39. The van der Waals surface area contributed by atoms with Gasteiger partial charge in [-0.15, -0.1) is 6.42 Å². The van der Waals surface area contributed by atoms with Gasteiger partial charge >= 0.3 is 0 Å². The Morgan fingerprint density at radius 2 is 2.06 bits per heavy atom. The number of hydrogen-bond acceptors (Lipinski definition) is 5. The van der Waals surface area contributed by atoms with Crippen molar-refractivity contribution in [1.82, 2.24) is 5.32 Å². The van der Waals surface area contributed by atoms with Crippen LogP contribution in [-0.4, -0.2) is 39.8 Å². The van der Waals surface area contributed by atoms with Crippen LogP contribution < -0.4 is 5.32 Å². The molecule has 0 unspecified atom stereocenters. The first kappa shape index (κ1) is 25.8. The molecule has 0 heterocycles. The molecule has 0 atom stereocenters. The number of nitrogens with zero attached hydrogens (tertiary/aromatic N) is 1. The second-order valence-corrected chi connectivity index (χ2v) is 7.31. The Bertz CT molecular complexity index is 991. The summed E-state index contributed by atoms with van der Waals surface area (Å²) in [6.45, 7) is 7.40. The normalized spacial score (nSPS) is 14.0. The fourth-order valence-electron chi connectivity index (χ4n) is 3.30. The van der Waals surface area contributed by atoms with Crippen LogP contribution in [0.25, 0.3) is 5.70 Å². The maximum Gasteiger partial charge on any atom is 0.156 e. The average molecular weight is 447 g/mol. The van der Waals surface area contributed by atoms with Crippen molar-refractivity contribution in [3.8, 4) is 12.3 Å². The van der Waals surface area contributed by atoms with E-state index in [0.717, 1.165) is 53.3 Å². The van der Waals surface area contributed by atoms with Gasteiger partial charge in [-0.05, 0) is 43.5 Å². The van der Waals surface area contributed by atoms with Crippen molar-refractivity contribution in [1.29, 1.82) is 0 Å². The molecule has 0 amide bonds. The van der Waals surface area contributed by atoms with E-state index in [2.05, 4.69) is 35.0 Å². The van der Waals surface area contributed by atoms with E-state index in [1.807, 2.05) is 49.4 Å². The Labute approximate surface area is 198 Å². The zero-order valence-electron chi connectivity index (χ0n) is 19.9. The van der Waals surface area contributed by atoms with E-state index in [-0.39, 0.29) is 0 Å². The summed E-state index contributed by atoms with van der Waals surface area (Å²) in [4.78, 5) is 4.64. The van der Waals surface area contributed by atoms with Crippen LogP contribution in [0.4, 0.5) is 0 Å². The molecule has 0 radical (unpaired) electrons. The van der Waals surface area contributed by atoms with Crippen LogP contribution in [0.2, 0.25) is 0 Å². The van der Waals surface area contributed by atoms with Gasteiger partial charge in [0.1, 0.15) is 12.5 Å². The number of terminal acetylenes is 1. The molecule has 5 nitrogen and oxygen atoms in total. The highest BCUT2D eigenvalue weighted by Crippen LogP contribution is 2.21. The second kappa shape index (κ2) is 14.5. The maximum absolute atomic E-state index is 5.79. The smallest absolute Gasteiger partial charge is 0.156 e. The predicted molar refractivity (Wildman–Crippen MR) is 137 cm³/mol. The summed E-state index contributed by atoms with van der Waals surface area (Å²) in [7, 11) is 3.32. The summed E-state index contributed by atoms with van der Waals surface area (Å²) in [5.41, 5.74) is 4.88. The highest BCUT2D eigenvalue weighted by molar-refractivity contribution is 6.09. The SMILES string of the molecule is C#CCNC(=C)c1cccc(C(/C=C\C)=N/COCCCC2=CCC(OC)=C(OC)C=C2)c1. The van der Waals surface area contributed by atoms with Gasteiger partial charge in [-0.1, -0.05) is 54.5 Å². The second-order valence-electron chi connectivity index (χ2n) is 7.31. The van der Waals surface area contributed by atoms with Crippen LogP contribution in [0.5, 0.6) is 0 Å². The number of benzene rings is 1. The van der Waals surface area contributed by atoms with E-state index in [1.54, 1.807) is 14.2 Å². The molecule has 2 rings (SSSR count). The lowest BCUT2D eigenvalue weighted by Gasteiger charge is -2.10. The topological polar surface area (TPSA) is 52.1 Å². The molecule has 0 fully saturated rings. The molecule has 0 aliphatic heterocycles. The van der Waals surface area contributed by atoms with Crippen molar-refractivity contribution in [2.75, 3.05) is 34.1 Å². The van der Waals surface area contributed by atoms with Crippen molar-refractivity contribution < 1.29 is 14.2 Å². The lowest BCUT2D eigenvalue weighted by atomic mass is 10.0. The van der Waals surface area contributed by atoms with Crippen LogP contribution >= 0.6 is 0 Å². The molecule has 0 saturated carbocycles. The number of ether oxygens (including phenoxy) is 3. The number of allylic oxidation sites excluding steroid dienone is 6. The van der Waals surface area contributed by atoms with Gasteiger partial charge < -0.3 is 19.5 Å². The lowest BCUT2D eigenvalue weighted by molar-refractivity contribution is 0.140. The molecule has 174 valence electrons. The van der Waals surface area contributed by atoms with Crippen LogP contribution in [-0.2, 0) is 14.2 Å². The third kappa shape index (κ3) is 8.51. The highest BCUT2D eigenvalue weighted by Gasteiger charge is 2.08. The van der Waals surface area contributed by atoms with E-state index >= 15 is 0 Å². The minimum atomic E-state index is 0.304. The zero-order chi connectivity index (χ0) is 23.9. The molecule has 1 aromatic rings. The standard InChI is InChI=1S/C28H34N2O3/c1-6-10-26(25-13-8-12-24(20-25)22(3)29-18-7-2)30-21-33-19-9-11-23-14-16-27(31-4)28(32-5)17-15-23/h2,6,8,10,12-16,20,29H,3,9,11,17-19,21H2,1,4-5H3/b10-6-,30-26+. The van der Waals surface area contributed by atoms with Crippen LogP contribution in [0.1, 0.15) is 37.3 Å². The zero-order valence-corrected chi connectivity index (χ0v) is 19.9. The monoisotopic (exact) mass is 446 g/mol.